The largest absolute Gasteiger partial charge is 0.493 e. The van der Waals surface area contributed by atoms with Crippen molar-refractivity contribution >= 4 is 17.5 Å². The maximum absolute atomic E-state index is 12.6. The summed E-state index contributed by atoms with van der Waals surface area (Å²) in [4.78, 5) is 26.5. The highest BCUT2D eigenvalue weighted by Gasteiger charge is 2.24. The molecule has 0 fully saturated rings. The number of nitrogens with zero attached hydrogens (tertiary/aromatic N) is 4. The van der Waals surface area contributed by atoms with Crippen molar-refractivity contribution in [1.29, 1.82) is 0 Å². The lowest BCUT2D eigenvalue weighted by Gasteiger charge is -2.29. The lowest BCUT2D eigenvalue weighted by molar-refractivity contribution is -0.135. The molecule has 0 saturated heterocycles. The topological polar surface area (TPSA) is 95.3 Å². The summed E-state index contributed by atoms with van der Waals surface area (Å²) >= 11 is 0. The highest BCUT2D eigenvalue weighted by Crippen LogP contribution is 2.33. The van der Waals surface area contributed by atoms with E-state index in [9.17, 15) is 9.59 Å². The van der Waals surface area contributed by atoms with Crippen LogP contribution in [0.4, 0.5) is 0 Å². The second kappa shape index (κ2) is 7.78. The van der Waals surface area contributed by atoms with E-state index < -0.39 is 5.97 Å². The first-order valence-electron chi connectivity index (χ1n) is 9.07. The maximum atomic E-state index is 12.6. The van der Waals surface area contributed by atoms with Crippen LogP contribution < -0.4 is 9.47 Å². The van der Waals surface area contributed by atoms with E-state index in [1.807, 2.05) is 12.1 Å². The van der Waals surface area contributed by atoms with Crippen molar-refractivity contribution < 1.29 is 23.8 Å². The van der Waals surface area contributed by atoms with E-state index >= 15 is 0 Å². The Kier molecular flexibility index (Phi) is 5.03. The molecule has 3 heterocycles. The SMILES string of the molecule is COc1cc2c(cc1OC)CN(C(=O)COC(=O)c1ccc3nncn3c1)CC2. The van der Waals surface area contributed by atoms with Gasteiger partial charge in [-0.25, -0.2) is 4.79 Å². The molecule has 1 aromatic carbocycles. The molecule has 1 amide bonds. The first-order valence-corrected chi connectivity index (χ1v) is 9.07. The number of esters is 1. The van der Waals surface area contributed by atoms with E-state index in [2.05, 4.69) is 10.2 Å². The van der Waals surface area contributed by atoms with Crippen molar-refractivity contribution in [3.8, 4) is 11.5 Å². The lowest BCUT2D eigenvalue weighted by Crippen LogP contribution is -2.38. The minimum atomic E-state index is -0.572. The number of amides is 1. The molecule has 0 bridgehead atoms. The normalized spacial score (nSPS) is 13.1. The number of ether oxygens (including phenoxy) is 3. The average molecular weight is 396 g/mol. The smallest absolute Gasteiger partial charge is 0.340 e. The Bertz CT molecular complexity index is 1080. The summed E-state index contributed by atoms with van der Waals surface area (Å²) in [6.07, 6.45) is 3.75. The van der Waals surface area contributed by atoms with E-state index in [1.165, 1.54) is 6.33 Å². The van der Waals surface area contributed by atoms with Crippen molar-refractivity contribution in [3.63, 3.8) is 0 Å². The van der Waals surface area contributed by atoms with Crippen molar-refractivity contribution in [2.45, 2.75) is 13.0 Å². The van der Waals surface area contributed by atoms with Crippen molar-refractivity contribution in [3.05, 3.63) is 53.5 Å². The van der Waals surface area contributed by atoms with Gasteiger partial charge in [0.2, 0.25) is 0 Å². The van der Waals surface area contributed by atoms with Gasteiger partial charge in [-0.2, -0.15) is 0 Å². The van der Waals surface area contributed by atoms with E-state index in [-0.39, 0.29) is 12.5 Å². The molecule has 2 aromatic heterocycles. The molecule has 0 radical (unpaired) electrons. The Balaban J connectivity index is 1.39. The number of methoxy groups -OCH3 is 2. The second-order valence-corrected chi connectivity index (χ2v) is 6.63. The minimum absolute atomic E-state index is 0.246. The van der Waals surface area contributed by atoms with Gasteiger partial charge in [-0.1, -0.05) is 0 Å². The van der Waals surface area contributed by atoms with Crippen molar-refractivity contribution in [2.24, 2.45) is 0 Å². The second-order valence-electron chi connectivity index (χ2n) is 6.63. The molecule has 0 spiro atoms. The molecule has 0 atom stereocenters. The van der Waals surface area contributed by atoms with Crippen LogP contribution in [0, 0.1) is 0 Å². The van der Waals surface area contributed by atoms with E-state index in [4.69, 9.17) is 14.2 Å². The van der Waals surface area contributed by atoms with Gasteiger partial charge in [-0.05, 0) is 41.8 Å². The molecule has 150 valence electrons. The molecule has 9 heteroatoms. The van der Waals surface area contributed by atoms with Crippen LogP contribution in [0.25, 0.3) is 5.65 Å². The predicted octanol–water partition coefficient (Wildman–Crippen LogP) is 1.49. The fourth-order valence-electron chi connectivity index (χ4n) is 3.35. The van der Waals surface area contributed by atoms with Gasteiger partial charge < -0.3 is 19.1 Å². The van der Waals surface area contributed by atoms with Crippen LogP contribution in [0.5, 0.6) is 11.5 Å². The predicted molar refractivity (Wildman–Crippen MR) is 102 cm³/mol. The zero-order valence-electron chi connectivity index (χ0n) is 16.1. The van der Waals surface area contributed by atoms with E-state index in [0.717, 1.165) is 11.1 Å². The molecule has 0 N–H and O–H groups in total. The molecule has 1 aliphatic heterocycles. The fourth-order valence-corrected chi connectivity index (χ4v) is 3.35. The number of benzene rings is 1. The number of rotatable bonds is 5. The molecular formula is C20H20N4O5. The molecule has 9 nitrogen and oxygen atoms in total. The number of hydrogen-bond donors (Lipinski definition) is 0. The average Bonchev–Trinajstić information content (AvgIpc) is 3.23. The molecule has 1 aliphatic rings. The third-order valence-corrected chi connectivity index (χ3v) is 4.92. The van der Waals surface area contributed by atoms with Gasteiger partial charge in [0.05, 0.1) is 19.8 Å². The Morgan fingerprint density at radius 3 is 2.62 bits per heavy atom. The highest BCUT2D eigenvalue weighted by molar-refractivity contribution is 5.91. The van der Waals surface area contributed by atoms with Crippen LogP contribution in [-0.2, 0) is 22.5 Å². The van der Waals surface area contributed by atoms with Gasteiger partial charge in [-0.3, -0.25) is 9.20 Å². The zero-order valence-corrected chi connectivity index (χ0v) is 16.1. The first-order chi connectivity index (χ1) is 14.1. The van der Waals surface area contributed by atoms with E-state index in [0.29, 0.717) is 42.2 Å². The third kappa shape index (κ3) is 3.71. The number of fused-ring (bicyclic) bond motifs is 2. The molecular weight excluding hydrogens is 376 g/mol. The van der Waals surface area contributed by atoms with Crippen LogP contribution in [0.1, 0.15) is 21.5 Å². The van der Waals surface area contributed by atoms with Gasteiger partial charge in [0.1, 0.15) is 6.33 Å². The number of pyridine rings is 1. The molecule has 0 unspecified atom stereocenters. The Morgan fingerprint density at radius 2 is 1.86 bits per heavy atom. The maximum Gasteiger partial charge on any atom is 0.340 e. The standard InChI is InChI=1S/C20H20N4O5/c1-27-16-7-13-5-6-23(10-15(13)8-17(16)28-2)19(25)11-29-20(26)14-3-4-18-22-21-12-24(18)9-14/h3-4,7-9,12H,5-6,10-11H2,1-2H3. The molecule has 4 rings (SSSR count). The summed E-state index contributed by atoms with van der Waals surface area (Å²) in [5.74, 6) is 0.475. The summed E-state index contributed by atoms with van der Waals surface area (Å²) in [6.45, 7) is 0.659. The van der Waals surface area contributed by atoms with Crippen LogP contribution in [0.3, 0.4) is 0 Å². The van der Waals surface area contributed by atoms with Gasteiger partial charge in [-0.15, -0.1) is 10.2 Å². The van der Waals surface area contributed by atoms with Gasteiger partial charge in [0.15, 0.2) is 23.8 Å². The van der Waals surface area contributed by atoms with Crippen molar-refractivity contribution in [1.82, 2.24) is 19.5 Å². The van der Waals surface area contributed by atoms with Gasteiger partial charge in [0, 0.05) is 19.3 Å². The molecule has 0 aliphatic carbocycles. The highest BCUT2D eigenvalue weighted by atomic mass is 16.5. The number of carbonyl (C=O) groups excluding carboxylic acids is 2. The minimum Gasteiger partial charge on any atom is -0.493 e. The van der Waals surface area contributed by atoms with Gasteiger partial charge >= 0.3 is 5.97 Å². The van der Waals surface area contributed by atoms with Crippen LogP contribution in [0.2, 0.25) is 0 Å². The summed E-state index contributed by atoms with van der Waals surface area (Å²) in [5, 5.41) is 7.64. The Morgan fingerprint density at radius 1 is 1.10 bits per heavy atom. The quantitative estimate of drug-likeness (QED) is 0.603. The number of aromatic nitrogens is 3. The van der Waals surface area contributed by atoms with Crippen LogP contribution in [0.15, 0.2) is 36.8 Å². The lowest BCUT2D eigenvalue weighted by atomic mass is 9.99. The number of hydrogen-bond acceptors (Lipinski definition) is 7. The summed E-state index contributed by atoms with van der Waals surface area (Å²) in [7, 11) is 3.17. The number of carbonyl (C=O) groups is 2. The van der Waals surface area contributed by atoms with E-state index in [1.54, 1.807) is 41.8 Å². The fraction of sp³-hybridized carbons (Fsp3) is 0.300. The molecule has 3 aromatic rings. The Labute approximate surface area is 166 Å². The molecule has 29 heavy (non-hydrogen) atoms. The summed E-state index contributed by atoms with van der Waals surface area (Å²) < 4.78 is 17.5. The first kappa shape index (κ1) is 18.7. The van der Waals surface area contributed by atoms with Crippen molar-refractivity contribution in [2.75, 3.05) is 27.4 Å². The third-order valence-electron chi connectivity index (χ3n) is 4.92. The summed E-state index contributed by atoms with van der Waals surface area (Å²) in [6, 6.07) is 7.08. The van der Waals surface area contributed by atoms with Crippen LogP contribution in [-0.4, -0.2) is 58.7 Å². The van der Waals surface area contributed by atoms with Crippen LogP contribution >= 0.6 is 0 Å². The summed E-state index contributed by atoms with van der Waals surface area (Å²) in [5.41, 5.74) is 3.06. The monoisotopic (exact) mass is 396 g/mol. The molecule has 0 saturated carbocycles. The van der Waals surface area contributed by atoms with Gasteiger partial charge in [0.25, 0.3) is 5.91 Å². The Hall–Kier alpha value is -3.62. The zero-order chi connectivity index (χ0) is 20.4.